The van der Waals surface area contributed by atoms with E-state index in [1.807, 2.05) is 36.9 Å². The Morgan fingerprint density at radius 1 is 1.12 bits per heavy atom. The largest absolute Gasteiger partial charge is 0.357 e. The van der Waals surface area contributed by atoms with E-state index in [-0.39, 0.29) is 18.4 Å². The fourth-order valence-corrected chi connectivity index (χ4v) is 2.80. The summed E-state index contributed by atoms with van der Waals surface area (Å²) in [6.45, 7) is 7.45. The monoisotopic (exact) mass is 359 g/mol. The van der Waals surface area contributed by atoms with Gasteiger partial charge in [0.25, 0.3) is 5.91 Å². The number of rotatable bonds is 7. The van der Waals surface area contributed by atoms with E-state index in [0.29, 0.717) is 31.2 Å². The molecule has 1 aliphatic heterocycles. The summed E-state index contributed by atoms with van der Waals surface area (Å²) in [4.78, 5) is 30.3. The first-order chi connectivity index (χ1) is 12.6. The van der Waals surface area contributed by atoms with Gasteiger partial charge in [0, 0.05) is 38.3 Å². The van der Waals surface area contributed by atoms with E-state index in [1.165, 1.54) is 0 Å². The minimum absolute atomic E-state index is 0.0625. The van der Waals surface area contributed by atoms with Gasteiger partial charge in [-0.3, -0.25) is 9.59 Å². The number of likely N-dealkylation sites (tertiary alicyclic amines) is 1. The van der Waals surface area contributed by atoms with Gasteiger partial charge >= 0.3 is 0 Å². The van der Waals surface area contributed by atoms with Crippen LogP contribution in [0.2, 0.25) is 0 Å². The third kappa shape index (κ3) is 6.38. The molecular weight excluding hydrogens is 330 g/mol. The van der Waals surface area contributed by atoms with Crippen molar-refractivity contribution < 1.29 is 9.59 Å². The fourth-order valence-electron chi connectivity index (χ4n) is 2.80. The molecule has 1 fully saturated rings. The van der Waals surface area contributed by atoms with Crippen LogP contribution in [0.1, 0.15) is 35.7 Å². The number of nitrogens with one attached hydrogen (secondary N) is 3. The van der Waals surface area contributed by atoms with Crippen LogP contribution in [0.3, 0.4) is 0 Å². The molecule has 7 nitrogen and oxygen atoms in total. The Kier molecular flexibility index (Phi) is 7.92. The fraction of sp³-hybridized carbons (Fsp3) is 0.526. The lowest BCUT2D eigenvalue weighted by Crippen LogP contribution is -2.42. The first-order valence-electron chi connectivity index (χ1n) is 9.25. The Hall–Kier alpha value is -2.57. The van der Waals surface area contributed by atoms with Gasteiger partial charge in [0.05, 0.1) is 0 Å². The predicted molar refractivity (Wildman–Crippen MR) is 103 cm³/mol. The SMILES string of the molecule is CCNC(=NCC(=O)N1CCCC1)NCCNC(=O)c1cccc(C)c1. The average Bonchev–Trinajstić information content (AvgIpc) is 3.17. The molecule has 142 valence electrons. The molecule has 0 bridgehead atoms. The van der Waals surface area contributed by atoms with E-state index in [9.17, 15) is 9.59 Å². The number of amides is 2. The number of benzene rings is 1. The smallest absolute Gasteiger partial charge is 0.251 e. The summed E-state index contributed by atoms with van der Waals surface area (Å²) in [6, 6.07) is 7.49. The quantitative estimate of drug-likeness (QED) is 0.384. The Labute approximate surface area is 155 Å². The molecule has 1 heterocycles. The first-order valence-corrected chi connectivity index (χ1v) is 9.25. The maximum Gasteiger partial charge on any atom is 0.251 e. The number of aliphatic imine (C=N–C) groups is 1. The van der Waals surface area contributed by atoms with E-state index < -0.39 is 0 Å². The van der Waals surface area contributed by atoms with Gasteiger partial charge in [-0.1, -0.05) is 17.7 Å². The minimum atomic E-state index is -0.0957. The van der Waals surface area contributed by atoms with Crippen LogP contribution < -0.4 is 16.0 Å². The van der Waals surface area contributed by atoms with Gasteiger partial charge in [-0.05, 0) is 38.8 Å². The molecule has 0 aromatic heterocycles. The summed E-state index contributed by atoms with van der Waals surface area (Å²) < 4.78 is 0. The maximum absolute atomic E-state index is 12.1. The maximum atomic E-state index is 12.1. The van der Waals surface area contributed by atoms with E-state index in [0.717, 1.165) is 31.5 Å². The predicted octanol–water partition coefficient (Wildman–Crippen LogP) is 0.902. The number of nitrogens with zero attached hydrogens (tertiary/aromatic N) is 2. The van der Waals surface area contributed by atoms with Crippen LogP contribution in [-0.2, 0) is 4.79 Å². The highest BCUT2D eigenvalue weighted by Gasteiger charge is 2.17. The van der Waals surface area contributed by atoms with Crippen molar-refractivity contribution in [1.29, 1.82) is 0 Å². The third-order valence-electron chi connectivity index (χ3n) is 4.16. The van der Waals surface area contributed by atoms with Crippen molar-refractivity contribution in [2.45, 2.75) is 26.7 Å². The van der Waals surface area contributed by atoms with Crippen LogP contribution in [0.4, 0.5) is 0 Å². The van der Waals surface area contributed by atoms with Crippen molar-refractivity contribution in [2.24, 2.45) is 4.99 Å². The highest BCUT2D eigenvalue weighted by atomic mass is 16.2. The van der Waals surface area contributed by atoms with Gasteiger partial charge in [-0.15, -0.1) is 0 Å². The van der Waals surface area contributed by atoms with Crippen LogP contribution in [0.25, 0.3) is 0 Å². The summed E-state index contributed by atoms with van der Waals surface area (Å²) in [6.07, 6.45) is 2.16. The second kappa shape index (κ2) is 10.4. The van der Waals surface area contributed by atoms with Gasteiger partial charge < -0.3 is 20.9 Å². The first kappa shape index (κ1) is 19.8. The molecule has 0 unspecified atom stereocenters. The number of aryl methyl sites for hydroxylation is 1. The molecule has 26 heavy (non-hydrogen) atoms. The highest BCUT2D eigenvalue weighted by molar-refractivity contribution is 5.94. The van der Waals surface area contributed by atoms with E-state index >= 15 is 0 Å². The normalized spacial score (nSPS) is 14.2. The Bertz CT molecular complexity index is 639. The van der Waals surface area contributed by atoms with Gasteiger partial charge in [-0.2, -0.15) is 0 Å². The molecule has 0 radical (unpaired) electrons. The minimum Gasteiger partial charge on any atom is -0.357 e. The standard InChI is InChI=1S/C19H29N5O2/c1-3-20-19(23-14-17(25)24-11-4-5-12-24)22-10-9-21-18(26)16-8-6-7-15(2)13-16/h6-8,13H,3-5,9-12,14H2,1-2H3,(H,21,26)(H2,20,22,23). The molecule has 7 heteroatoms. The summed E-state index contributed by atoms with van der Waals surface area (Å²) in [5.41, 5.74) is 1.71. The molecule has 1 aromatic rings. The average molecular weight is 359 g/mol. The molecule has 0 aliphatic carbocycles. The summed E-state index contributed by atoms with van der Waals surface area (Å²) in [7, 11) is 0. The zero-order valence-electron chi connectivity index (χ0n) is 15.7. The van der Waals surface area contributed by atoms with Crippen molar-refractivity contribution >= 4 is 17.8 Å². The van der Waals surface area contributed by atoms with E-state index in [2.05, 4.69) is 20.9 Å². The number of guanidine groups is 1. The van der Waals surface area contributed by atoms with Gasteiger partial charge in [0.1, 0.15) is 6.54 Å². The zero-order valence-corrected chi connectivity index (χ0v) is 15.7. The Morgan fingerprint density at radius 2 is 1.85 bits per heavy atom. The van der Waals surface area contributed by atoms with Crippen molar-refractivity contribution in [3.05, 3.63) is 35.4 Å². The van der Waals surface area contributed by atoms with Crippen LogP contribution >= 0.6 is 0 Å². The van der Waals surface area contributed by atoms with Crippen LogP contribution in [0.15, 0.2) is 29.3 Å². The lowest BCUT2D eigenvalue weighted by atomic mass is 10.1. The Morgan fingerprint density at radius 3 is 2.54 bits per heavy atom. The second-order valence-electron chi connectivity index (χ2n) is 6.34. The van der Waals surface area contributed by atoms with Crippen molar-refractivity contribution in [2.75, 3.05) is 39.3 Å². The molecule has 3 N–H and O–H groups in total. The number of hydrogen-bond acceptors (Lipinski definition) is 3. The van der Waals surface area contributed by atoms with Gasteiger partial charge in [0.15, 0.2) is 5.96 Å². The summed E-state index contributed by atoms with van der Waals surface area (Å²) in [5.74, 6) is 0.555. The zero-order chi connectivity index (χ0) is 18.8. The lowest BCUT2D eigenvalue weighted by Gasteiger charge is -2.15. The molecule has 2 rings (SSSR count). The summed E-state index contributed by atoms with van der Waals surface area (Å²) in [5, 5.41) is 9.12. The van der Waals surface area contributed by atoms with E-state index in [1.54, 1.807) is 6.07 Å². The van der Waals surface area contributed by atoms with Crippen LogP contribution in [0, 0.1) is 6.92 Å². The van der Waals surface area contributed by atoms with Gasteiger partial charge in [-0.25, -0.2) is 4.99 Å². The molecule has 0 atom stereocenters. The second-order valence-corrected chi connectivity index (χ2v) is 6.34. The van der Waals surface area contributed by atoms with Crippen molar-refractivity contribution in [3.8, 4) is 0 Å². The van der Waals surface area contributed by atoms with Crippen molar-refractivity contribution in [1.82, 2.24) is 20.9 Å². The van der Waals surface area contributed by atoms with Gasteiger partial charge in [0.2, 0.25) is 5.91 Å². The molecule has 1 aromatic carbocycles. The number of carbonyl (C=O) groups is 2. The molecule has 1 aliphatic rings. The van der Waals surface area contributed by atoms with Crippen molar-refractivity contribution in [3.63, 3.8) is 0 Å². The lowest BCUT2D eigenvalue weighted by molar-refractivity contribution is -0.128. The van der Waals surface area contributed by atoms with E-state index in [4.69, 9.17) is 0 Å². The molecule has 2 amide bonds. The van der Waals surface area contributed by atoms with Crippen LogP contribution in [-0.4, -0.2) is 61.9 Å². The molecule has 1 saturated heterocycles. The topological polar surface area (TPSA) is 85.8 Å². The molecule has 0 spiro atoms. The number of carbonyl (C=O) groups excluding carboxylic acids is 2. The third-order valence-corrected chi connectivity index (χ3v) is 4.16. The number of hydrogen-bond donors (Lipinski definition) is 3. The summed E-state index contributed by atoms with van der Waals surface area (Å²) >= 11 is 0. The molecule has 0 saturated carbocycles. The molecular formula is C19H29N5O2. The van der Waals surface area contributed by atoms with Crippen LogP contribution in [0.5, 0.6) is 0 Å². The highest BCUT2D eigenvalue weighted by Crippen LogP contribution is 2.07. The Balaban J connectivity index is 1.74.